The van der Waals surface area contributed by atoms with Crippen LogP contribution in [0.2, 0.25) is 0 Å². The first-order chi connectivity index (χ1) is 9.10. The van der Waals surface area contributed by atoms with Crippen molar-refractivity contribution in [3.05, 3.63) is 33.1 Å². The number of H-pyrrole nitrogens is 1. The molecule has 1 N–H and O–H groups in total. The lowest BCUT2D eigenvalue weighted by atomic mass is 10.2. The standard InChI is InChI=1S/C12H16N2O5/c1-2-11(16)18-7-8-3-4-10(19-8)14-6-5-9(15)13-12(14)17/h5-6,8,10H,2-4,7H2,1H3,(H,13,15,17)/t8-,10-/m0/s1. The van der Waals surface area contributed by atoms with Crippen molar-refractivity contribution in [2.75, 3.05) is 6.61 Å². The minimum atomic E-state index is -0.497. The second kappa shape index (κ2) is 5.83. The van der Waals surface area contributed by atoms with E-state index in [1.807, 2.05) is 0 Å². The highest BCUT2D eigenvalue weighted by atomic mass is 16.6. The van der Waals surface area contributed by atoms with E-state index in [4.69, 9.17) is 9.47 Å². The van der Waals surface area contributed by atoms with Crippen LogP contribution in [0.1, 0.15) is 32.4 Å². The van der Waals surface area contributed by atoms with Gasteiger partial charge in [-0.15, -0.1) is 0 Å². The van der Waals surface area contributed by atoms with E-state index in [0.29, 0.717) is 19.3 Å². The van der Waals surface area contributed by atoms with Crippen LogP contribution < -0.4 is 11.2 Å². The molecule has 1 aliphatic heterocycles. The van der Waals surface area contributed by atoms with Crippen molar-refractivity contribution in [3.63, 3.8) is 0 Å². The Morgan fingerprint density at radius 3 is 3.00 bits per heavy atom. The fourth-order valence-corrected chi connectivity index (χ4v) is 1.96. The lowest BCUT2D eigenvalue weighted by Gasteiger charge is -2.15. The first kappa shape index (κ1) is 13.5. The number of hydrogen-bond donors (Lipinski definition) is 1. The van der Waals surface area contributed by atoms with Gasteiger partial charge in [0.1, 0.15) is 12.8 Å². The number of aromatic amines is 1. The first-order valence-corrected chi connectivity index (χ1v) is 6.22. The van der Waals surface area contributed by atoms with Crippen molar-refractivity contribution in [1.29, 1.82) is 0 Å². The molecule has 0 aliphatic carbocycles. The number of carbonyl (C=O) groups is 1. The molecule has 2 rings (SSSR count). The quantitative estimate of drug-likeness (QED) is 0.786. The smallest absolute Gasteiger partial charge is 0.330 e. The van der Waals surface area contributed by atoms with Gasteiger partial charge in [-0.1, -0.05) is 6.92 Å². The van der Waals surface area contributed by atoms with E-state index in [0.717, 1.165) is 0 Å². The van der Waals surface area contributed by atoms with Crippen LogP contribution in [0, 0.1) is 0 Å². The van der Waals surface area contributed by atoms with Crippen molar-refractivity contribution in [2.45, 2.75) is 38.5 Å². The summed E-state index contributed by atoms with van der Waals surface area (Å²) in [5.41, 5.74) is -0.934. The lowest BCUT2D eigenvalue weighted by Crippen LogP contribution is -2.31. The van der Waals surface area contributed by atoms with Crippen LogP contribution in [0.3, 0.4) is 0 Å². The molecule has 2 heterocycles. The molecule has 1 saturated heterocycles. The SMILES string of the molecule is CCC(=O)OC[C@@H]1CC[C@@H](n2ccc(=O)[nH]c2=O)O1. The van der Waals surface area contributed by atoms with E-state index in [1.54, 1.807) is 6.92 Å². The van der Waals surface area contributed by atoms with Crippen molar-refractivity contribution in [2.24, 2.45) is 0 Å². The third kappa shape index (κ3) is 3.31. The molecule has 0 radical (unpaired) electrons. The molecule has 1 aliphatic rings. The predicted molar refractivity (Wildman–Crippen MR) is 65.7 cm³/mol. The summed E-state index contributed by atoms with van der Waals surface area (Å²) in [6, 6.07) is 1.27. The van der Waals surface area contributed by atoms with Gasteiger partial charge in [0.05, 0.1) is 6.10 Å². The number of carbonyl (C=O) groups excluding carboxylic acids is 1. The predicted octanol–water partition coefficient (Wildman–Crippen LogP) is 0.167. The van der Waals surface area contributed by atoms with Gasteiger partial charge in [-0.05, 0) is 12.8 Å². The first-order valence-electron chi connectivity index (χ1n) is 6.22. The minimum absolute atomic E-state index is 0.196. The maximum atomic E-state index is 11.6. The molecule has 0 saturated carbocycles. The molecular formula is C12H16N2O5. The molecule has 1 fully saturated rings. The number of aromatic nitrogens is 2. The van der Waals surface area contributed by atoms with Gasteiger partial charge >= 0.3 is 11.7 Å². The third-order valence-corrected chi connectivity index (χ3v) is 2.97. The Morgan fingerprint density at radius 1 is 1.53 bits per heavy atom. The van der Waals surface area contributed by atoms with Crippen LogP contribution in [-0.2, 0) is 14.3 Å². The summed E-state index contributed by atoms with van der Waals surface area (Å²) in [7, 11) is 0. The molecule has 1 aromatic rings. The Labute approximate surface area is 109 Å². The van der Waals surface area contributed by atoms with Crippen LogP contribution in [0.25, 0.3) is 0 Å². The van der Waals surface area contributed by atoms with E-state index in [-0.39, 0.29) is 18.7 Å². The zero-order chi connectivity index (χ0) is 13.8. The topological polar surface area (TPSA) is 90.4 Å². The maximum absolute atomic E-state index is 11.6. The van der Waals surface area contributed by atoms with E-state index >= 15 is 0 Å². The van der Waals surface area contributed by atoms with Crippen LogP contribution in [0.4, 0.5) is 0 Å². The molecule has 0 spiro atoms. The molecule has 2 atom stereocenters. The summed E-state index contributed by atoms with van der Waals surface area (Å²) < 4.78 is 12.0. The van der Waals surface area contributed by atoms with Crippen LogP contribution in [-0.4, -0.2) is 28.2 Å². The Kier molecular flexibility index (Phi) is 4.16. The third-order valence-electron chi connectivity index (χ3n) is 2.97. The summed E-state index contributed by atoms with van der Waals surface area (Å²) in [5.74, 6) is -0.270. The number of hydrogen-bond acceptors (Lipinski definition) is 5. The zero-order valence-corrected chi connectivity index (χ0v) is 10.6. The van der Waals surface area contributed by atoms with Gasteiger partial charge < -0.3 is 9.47 Å². The summed E-state index contributed by atoms with van der Waals surface area (Å²) >= 11 is 0. The Morgan fingerprint density at radius 2 is 2.32 bits per heavy atom. The summed E-state index contributed by atoms with van der Waals surface area (Å²) in [6.45, 7) is 1.92. The van der Waals surface area contributed by atoms with Gasteiger partial charge in [0.15, 0.2) is 0 Å². The normalized spacial score (nSPS) is 22.4. The molecule has 0 unspecified atom stereocenters. The van der Waals surface area contributed by atoms with Gasteiger partial charge in [-0.2, -0.15) is 0 Å². The van der Waals surface area contributed by atoms with Crippen molar-refractivity contribution in [3.8, 4) is 0 Å². The highest BCUT2D eigenvalue weighted by molar-refractivity contribution is 5.68. The van der Waals surface area contributed by atoms with Crippen LogP contribution >= 0.6 is 0 Å². The second-order valence-corrected chi connectivity index (χ2v) is 4.34. The largest absolute Gasteiger partial charge is 0.463 e. The molecule has 19 heavy (non-hydrogen) atoms. The van der Waals surface area contributed by atoms with Gasteiger partial charge in [-0.25, -0.2) is 4.79 Å². The molecule has 7 heteroatoms. The van der Waals surface area contributed by atoms with Gasteiger partial charge in [0.25, 0.3) is 5.56 Å². The highest BCUT2D eigenvalue weighted by Crippen LogP contribution is 2.26. The summed E-state index contributed by atoms with van der Waals surface area (Å²) in [5, 5.41) is 0. The van der Waals surface area contributed by atoms with Gasteiger partial charge in [0, 0.05) is 18.7 Å². The molecule has 0 bridgehead atoms. The van der Waals surface area contributed by atoms with E-state index in [9.17, 15) is 14.4 Å². The van der Waals surface area contributed by atoms with Crippen molar-refractivity contribution in [1.82, 2.24) is 9.55 Å². The number of nitrogens with one attached hydrogen (secondary N) is 1. The Hall–Kier alpha value is -1.89. The fraction of sp³-hybridized carbons (Fsp3) is 0.583. The second-order valence-electron chi connectivity index (χ2n) is 4.34. The Balaban J connectivity index is 1.96. The number of rotatable bonds is 4. The van der Waals surface area contributed by atoms with Crippen LogP contribution in [0.5, 0.6) is 0 Å². The summed E-state index contributed by atoms with van der Waals surface area (Å²) in [6.07, 6.45) is 2.45. The molecule has 104 valence electrons. The number of nitrogens with zero attached hydrogens (tertiary/aromatic N) is 1. The highest BCUT2D eigenvalue weighted by Gasteiger charge is 2.28. The van der Waals surface area contributed by atoms with Gasteiger partial charge in [0.2, 0.25) is 0 Å². The monoisotopic (exact) mass is 268 g/mol. The van der Waals surface area contributed by atoms with E-state index in [2.05, 4.69) is 4.98 Å². The van der Waals surface area contributed by atoms with E-state index in [1.165, 1.54) is 16.8 Å². The van der Waals surface area contributed by atoms with Crippen LogP contribution in [0.15, 0.2) is 21.9 Å². The molecule has 0 amide bonds. The molecule has 7 nitrogen and oxygen atoms in total. The average Bonchev–Trinajstić information content (AvgIpc) is 2.84. The minimum Gasteiger partial charge on any atom is -0.463 e. The fourth-order valence-electron chi connectivity index (χ4n) is 1.96. The molecular weight excluding hydrogens is 252 g/mol. The maximum Gasteiger partial charge on any atom is 0.330 e. The number of esters is 1. The summed E-state index contributed by atoms with van der Waals surface area (Å²) in [4.78, 5) is 35.8. The number of ether oxygens (including phenoxy) is 2. The van der Waals surface area contributed by atoms with Crippen molar-refractivity contribution >= 4 is 5.97 Å². The Bertz CT molecular complexity index is 562. The van der Waals surface area contributed by atoms with Gasteiger partial charge in [-0.3, -0.25) is 19.1 Å². The van der Waals surface area contributed by atoms with Crippen molar-refractivity contribution < 1.29 is 14.3 Å². The van der Waals surface area contributed by atoms with E-state index < -0.39 is 17.5 Å². The lowest BCUT2D eigenvalue weighted by molar-refractivity contribution is -0.148. The molecule has 0 aromatic carbocycles. The molecule has 1 aromatic heterocycles. The zero-order valence-electron chi connectivity index (χ0n) is 10.6. The average molecular weight is 268 g/mol.